The Morgan fingerprint density at radius 1 is 1.21 bits per heavy atom. The van der Waals surface area contributed by atoms with Crippen molar-refractivity contribution in [3.63, 3.8) is 0 Å². The number of rotatable bonds is 4. The minimum absolute atomic E-state index is 0.0718. The van der Waals surface area contributed by atoms with Crippen molar-refractivity contribution in [2.24, 2.45) is 10.4 Å². The number of fused-ring (bicyclic) bond motifs is 1. The van der Waals surface area contributed by atoms with Gasteiger partial charge in [-0.05, 0) is 55.5 Å². The number of aliphatic imine (C=N–C) groups is 1. The SMILES string of the molecule is CC1(C2=NC(NC(=S)Nc3ccc(N4CCOCC4)c(Cl)c3)C(=O)Nc3ccc(Cl)cc32)CNC(=O)NC1O. The molecule has 3 aliphatic heterocycles. The molecular formula is C25H27Cl2N7O4S. The first-order chi connectivity index (χ1) is 18.6. The Morgan fingerprint density at radius 2 is 1.97 bits per heavy atom. The first-order valence-corrected chi connectivity index (χ1v) is 13.4. The van der Waals surface area contributed by atoms with Gasteiger partial charge in [0.05, 0.1) is 40.7 Å². The van der Waals surface area contributed by atoms with Crippen LogP contribution in [0.1, 0.15) is 12.5 Å². The third kappa shape index (κ3) is 5.75. The number of aliphatic hydroxyl groups is 1. The third-order valence-electron chi connectivity index (χ3n) is 6.85. The summed E-state index contributed by atoms with van der Waals surface area (Å²) >= 11 is 18.3. The third-order valence-corrected chi connectivity index (χ3v) is 7.61. The van der Waals surface area contributed by atoms with Crippen LogP contribution in [-0.2, 0) is 9.53 Å². The van der Waals surface area contributed by atoms with E-state index in [4.69, 9.17) is 45.1 Å². The number of thiocarbonyl (C=S) groups is 1. The molecule has 3 aliphatic rings. The van der Waals surface area contributed by atoms with Gasteiger partial charge >= 0.3 is 6.03 Å². The van der Waals surface area contributed by atoms with E-state index in [-0.39, 0.29) is 11.7 Å². The van der Waals surface area contributed by atoms with Gasteiger partial charge in [0.1, 0.15) is 6.23 Å². The number of carbonyl (C=O) groups is 2. The number of morpholine rings is 1. The van der Waals surface area contributed by atoms with Crippen LogP contribution in [0, 0.1) is 5.41 Å². The second-order valence-electron chi connectivity index (χ2n) is 9.57. The predicted octanol–water partition coefficient (Wildman–Crippen LogP) is 2.52. The van der Waals surface area contributed by atoms with Crippen molar-refractivity contribution in [1.82, 2.24) is 16.0 Å². The van der Waals surface area contributed by atoms with Crippen molar-refractivity contribution in [1.29, 1.82) is 0 Å². The van der Waals surface area contributed by atoms with Crippen LogP contribution >= 0.6 is 35.4 Å². The normalized spacial score (nSPS) is 24.8. The Hall–Kier alpha value is -3.16. The molecule has 5 rings (SSSR count). The zero-order valence-corrected chi connectivity index (χ0v) is 23.2. The largest absolute Gasteiger partial charge is 0.378 e. The van der Waals surface area contributed by atoms with Crippen LogP contribution in [0.4, 0.5) is 21.9 Å². The van der Waals surface area contributed by atoms with E-state index in [0.29, 0.717) is 45.9 Å². The maximum absolute atomic E-state index is 13.2. The van der Waals surface area contributed by atoms with Crippen molar-refractivity contribution in [3.8, 4) is 0 Å². The molecule has 0 spiro atoms. The van der Waals surface area contributed by atoms with Crippen molar-refractivity contribution in [2.45, 2.75) is 19.3 Å². The van der Waals surface area contributed by atoms with Gasteiger partial charge in [-0.25, -0.2) is 4.79 Å². The molecule has 0 aliphatic carbocycles. The molecule has 14 heteroatoms. The van der Waals surface area contributed by atoms with Crippen molar-refractivity contribution >= 4 is 75.2 Å². The Balaban J connectivity index is 1.39. The average molecular weight is 593 g/mol. The number of amides is 3. The number of benzodiazepines with no additional fused rings is 1. The molecule has 2 aromatic rings. The fraction of sp³-hybridized carbons (Fsp3) is 0.360. The first-order valence-electron chi connectivity index (χ1n) is 12.3. The lowest BCUT2D eigenvalue weighted by Crippen LogP contribution is -2.63. The highest BCUT2D eigenvalue weighted by molar-refractivity contribution is 7.80. The predicted molar refractivity (Wildman–Crippen MR) is 155 cm³/mol. The van der Waals surface area contributed by atoms with Crippen molar-refractivity contribution in [2.75, 3.05) is 48.4 Å². The molecule has 6 N–H and O–H groups in total. The van der Waals surface area contributed by atoms with Gasteiger partial charge in [0.25, 0.3) is 5.91 Å². The van der Waals surface area contributed by atoms with E-state index in [1.54, 1.807) is 31.2 Å². The molecule has 0 bridgehead atoms. The van der Waals surface area contributed by atoms with Crippen LogP contribution in [0.2, 0.25) is 10.0 Å². The van der Waals surface area contributed by atoms with E-state index in [0.717, 1.165) is 18.8 Å². The number of nitrogens with one attached hydrogen (secondary N) is 5. The summed E-state index contributed by atoms with van der Waals surface area (Å²) < 4.78 is 5.41. The van der Waals surface area contributed by atoms with Gasteiger partial charge in [0.15, 0.2) is 5.11 Å². The number of aliphatic hydroxyl groups excluding tert-OH is 1. The highest BCUT2D eigenvalue weighted by Gasteiger charge is 2.45. The molecule has 2 fully saturated rings. The number of hydrogen-bond donors (Lipinski definition) is 6. The molecule has 206 valence electrons. The summed E-state index contributed by atoms with van der Waals surface area (Å²) in [5, 5.41) is 25.9. The number of halogens is 2. The number of hydrogen-bond acceptors (Lipinski definition) is 7. The van der Waals surface area contributed by atoms with E-state index >= 15 is 0 Å². The molecule has 0 saturated carbocycles. The molecule has 3 atom stereocenters. The van der Waals surface area contributed by atoms with Crippen LogP contribution in [-0.4, -0.2) is 73.1 Å². The summed E-state index contributed by atoms with van der Waals surface area (Å²) in [4.78, 5) is 31.9. The van der Waals surface area contributed by atoms with E-state index < -0.39 is 29.7 Å². The van der Waals surface area contributed by atoms with Gasteiger partial charge in [-0.1, -0.05) is 23.2 Å². The molecule has 0 radical (unpaired) electrons. The van der Waals surface area contributed by atoms with Crippen LogP contribution in [0.25, 0.3) is 0 Å². The minimum Gasteiger partial charge on any atom is -0.378 e. The van der Waals surface area contributed by atoms with Crippen LogP contribution in [0.15, 0.2) is 41.4 Å². The van der Waals surface area contributed by atoms with E-state index in [1.165, 1.54) is 0 Å². The van der Waals surface area contributed by atoms with Gasteiger partial charge in [-0.2, -0.15) is 0 Å². The molecule has 3 heterocycles. The van der Waals surface area contributed by atoms with E-state index in [1.807, 2.05) is 12.1 Å². The molecular weight excluding hydrogens is 565 g/mol. The lowest BCUT2D eigenvalue weighted by molar-refractivity contribution is -0.117. The van der Waals surface area contributed by atoms with Gasteiger partial charge in [0, 0.05) is 35.9 Å². The lowest BCUT2D eigenvalue weighted by atomic mass is 9.78. The molecule has 3 amide bonds. The maximum Gasteiger partial charge on any atom is 0.316 e. The van der Waals surface area contributed by atoms with Gasteiger partial charge < -0.3 is 41.3 Å². The molecule has 2 saturated heterocycles. The zero-order chi connectivity index (χ0) is 27.7. The standard InChI is InChI=1S/C25H27Cl2N7O4S/c1-25(12-28-23(37)33-22(25)36)19-15-10-13(26)2-4-17(15)30-21(35)20(31-19)32-24(39)29-14-3-5-18(16(27)11-14)34-6-8-38-9-7-34/h2-5,10-11,20,22,36H,6-9,12H2,1H3,(H,30,35)(H2,28,33,37)(H2,29,32,39). The summed E-state index contributed by atoms with van der Waals surface area (Å²) in [5.74, 6) is -0.468. The second-order valence-corrected chi connectivity index (χ2v) is 10.8. The zero-order valence-electron chi connectivity index (χ0n) is 20.9. The molecule has 3 unspecified atom stereocenters. The molecule has 11 nitrogen and oxygen atoms in total. The number of anilines is 3. The number of ether oxygens (including phenoxy) is 1. The second kappa shape index (κ2) is 11.1. The summed E-state index contributed by atoms with van der Waals surface area (Å²) in [7, 11) is 0. The summed E-state index contributed by atoms with van der Waals surface area (Å²) in [6.07, 6.45) is -2.43. The summed E-state index contributed by atoms with van der Waals surface area (Å²) in [6, 6.07) is 9.95. The van der Waals surface area contributed by atoms with Crippen molar-refractivity contribution in [3.05, 3.63) is 52.0 Å². The fourth-order valence-electron chi connectivity index (χ4n) is 4.68. The quantitative estimate of drug-likeness (QED) is 0.298. The Kier molecular flexibility index (Phi) is 7.83. The van der Waals surface area contributed by atoms with Crippen molar-refractivity contribution < 1.29 is 19.4 Å². The number of benzene rings is 2. The molecule has 0 aromatic heterocycles. The number of nitrogens with zero attached hydrogens (tertiary/aromatic N) is 2. The monoisotopic (exact) mass is 591 g/mol. The maximum atomic E-state index is 13.2. The Bertz CT molecular complexity index is 1350. The summed E-state index contributed by atoms with van der Waals surface area (Å²) in [5.41, 5.74) is 1.77. The fourth-order valence-corrected chi connectivity index (χ4v) is 5.38. The van der Waals surface area contributed by atoms with Crippen LogP contribution < -0.4 is 31.5 Å². The highest BCUT2D eigenvalue weighted by atomic mass is 35.5. The topological polar surface area (TPSA) is 139 Å². The highest BCUT2D eigenvalue weighted by Crippen LogP contribution is 2.35. The molecule has 2 aromatic carbocycles. The van der Waals surface area contributed by atoms with E-state index in [2.05, 4.69) is 31.5 Å². The summed E-state index contributed by atoms with van der Waals surface area (Å²) in [6.45, 7) is 4.60. The van der Waals surface area contributed by atoms with Crippen LogP contribution in [0.3, 0.4) is 0 Å². The Labute approximate surface area is 240 Å². The number of urea groups is 1. The van der Waals surface area contributed by atoms with Gasteiger partial charge in [-0.3, -0.25) is 9.79 Å². The lowest BCUT2D eigenvalue weighted by Gasteiger charge is -2.40. The van der Waals surface area contributed by atoms with E-state index in [9.17, 15) is 14.7 Å². The van der Waals surface area contributed by atoms with Gasteiger partial charge in [0.2, 0.25) is 6.17 Å². The van der Waals surface area contributed by atoms with Gasteiger partial charge in [-0.15, -0.1) is 0 Å². The molecule has 39 heavy (non-hydrogen) atoms. The number of carbonyl (C=O) groups excluding carboxylic acids is 2. The van der Waals surface area contributed by atoms with Crippen LogP contribution in [0.5, 0.6) is 0 Å². The minimum atomic E-state index is -1.28. The smallest absolute Gasteiger partial charge is 0.316 e. The first kappa shape index (κ1) is 27.4. The Morgan fingerprint density at radius 3 is 2.69 bits per heavy atom. The average Bonchev–Trinajstić information content (AvgIpc) is 3.03.